The van der Waals surface area contributed by atoms with E-state index in [1.165, 1.54) is 6.07 Å². The lowest BCUT2D eigenvalue weighted by atomic mass is 10.1. The molecule has 2 rings (SSSR count). The smallest absolute Gasteiger partial charge is 0.270 e. The minimum atomic E-state index is -0.386. The monoisotopic (exact) mass is 294 g/mol. The third kappa shape index (κ3) is 4.41. The number of piperidine rings is 1. The van der Waals surface area contributed by atoms with Crippen molar-refractivity contribution in [2.45, 2.75) is 45.4 Å². The molecule has 1 saturated heterocycles. The van der Waals surface area contributed by atoms with Gasteiger partial charge >= 0.3 is 0 Å². The predicted molar refractivity (Wildman–Crippen MR) is 79.4 cm³/mol. The summed E-state index contributed by atoms with van der Waals surface area (Å²) in [6.07, 6.45) is 1.29. The summed E-state index contributed by atoms with van der Waals surface area (Å²) < 4.78 is 5.74. The highest BCUT2D eigenvalue weighted by Gasteiger charge is 2.20. The van der Waals surface area contributed by atoms with Gasteiger partial charge in [0.05, 0.1) is 17.1 Å². The van der Waals surface area contributed by atoms with E-state index in [0.29, 0.717) is 12.3 Å². The molecule has 1 aliphatic rings. The maximum absolute atomic E-state index is 10.9. The summed E-state index contributed by atoms with van der Waals surface area (Å²) in [5.41, 5.74) is 0.910. The van der Waals surface area contributed by atoms with Crippen LogP contribution in [0.25, 0.3) is 0 Å². The Hall–Kier alpha value is -1.66. The molecule has 1 fully saturated rings. The molecule has 21 heavy (non-hydrogen) atoms. The van der Waals surface area contributed by atoms with Crippen molar-refractivity contribution < 1.29 is 14.8 Å². The molecule has 0 saturated carbocycles. The highest BCUT2D eigenvalue weighted by Crippen LogP contribution is 2.27. The Labute approximate surface area is 124 Å². The van der Waals surface area contributed by atoms with Gasteiger partial charge in [0.1, 0.15) is 5.75 Å². The van der Waals surface area contributed by atoms with Crippen LogP contribution in [0.3, 0.4) is 0 Å². The Kier molecular flexibility index (Phi) is 5.14. The van der Waals surface area contributed by atoms with Crippen molar-refractivity contribution in [2.24, 2.45) is 0 Å². The zero-order valence-corrected chi connectivity index (χ0v) is 12.5. The average Bonchev–Trinajstić information content (AvgIpc) is 2.42. The Balaban J connectivity index is 2.17. The summed E-state index contributed by atoms with van der Waals surface area (Å²) in [6.45, 7) is 6.07. The molecule has 0 spiro atoms. The van der Waals surface area contributed by atoms with Gasteiger partial charge in [0.25, 0.3) is 5.69 Å². The first-order valence-corrected chi connectivity index (χ1v) is 7.30. The van der Waals surface area contributed by atoms with Gasteiger partial charge in [0.15, 0.2) is 0 Å². The van der Waals surface area contributed by atoms with Crippen molar-refractivity contribution in [2.75, 3.05) is 13.1 Å². The van der Waals surface area contributed by atoms with Gasteiger partial charge in [0, 0.05) is 37.3 Å². The van der Waals surface area contributed by atoms with Crippen LogP contribution in [0, 0.1) is 10.1 Å². The van der Waals surface area contributed by atoms with E-state index < -0.39 is 0 Å². The summed E-state index contributed by atoms with van der Waals surface area (Å²) in [6, 6.07) is 4.73. The maximum atomic E-state index is 10.9. The average molecular weight is 294 g/mol. The van der Waals surface area contributed by atoms with Crippen molar-refractivity contribution in [3.63, 3.8) is 0 Å². The largest absolute Gasteiger partial charge is 0.491 e. The third-order valence-corrected chi connectivity index (χ3v) is 3.57. The van der Waals surface area contributed by atoms with E-state index >= 15 is 0 Å². The summed E-state index contributed by atoms with van der Waals surface area (Å²) >= 11 is 0. The molecule has 6 heteroatoms. The lowest BCUT2D eigenvalue weighted by Gasteiger charge is -2.30. The van der Waals surface area contributed by atoms with Gasteiger partial charge in [-0.1, -0.05) is 0 Å². The number of nitrogens with zero attached hydrogens (tertiary/aromatic N) is 2. The van der Waals surface area contributed by atoms with E-state index in [0.717, 1.165) is 31.5 Å². The number of nitro benzene ring substituents is 1. The van der Waals surface area contributed by atoms with Crippen molar-refractivity contribution in [1.29, 1.82) is 0 Å². The number of benzene rings is 1. The van der Waals surface area contributed by atoms with E-state index in [9.17, 15) is 15.2 Å². The van der Waals surface area contributed by atoms with E-state index in [1.54, 1.807) is 12.1 Å². The molecule has 0 amide bonds. The maximum Gasteiger partial charge on any atom is 0.270 e. The zero-order chi connectivity index (χ0) is 15.4. The fourth-order valence-electron chi connectivity index (χ4n) is 2.49. The molecule has 0 aromatic heterocycles. The zero-order valence-electron chi connectivity index (χ0n) is 12.5. The van der Waals surface area contributed by atoms with Gasteiger partial charge in [-0.2, -0.15) is 0 Å². The first-order valence-electron chi connectivity index (χ1n) is 7.30. The molecular formula is C15H22N2O4. The molecule has 1 aromatic carbocycles. The van der Waals surface area contributed by atoms with Gasteiger partial charge in [0.2, 0.25) is 0 Å². The van der Waals surface area contributed by atoms with Gasteiger partial charge in [-0.3, -0.25) is 15.0 Å². The minimum absolute atomic E-state index is 0.0217. The molecule has 1 aliphatic heterocycles. The number of hydrogen-bond acceptors (Lipinski definition) is 5. The summed E-state index contributed by atoms with van der Waals surface area (Å²) in [4.78, 5) is 12.7. The predicted octanol–water partition coefficient (Wildman–Crippen LogP) is 2.34. The summed E-state index contributed by atoms with van der Waals surface area (Å²) in [5, 5.41) is 20.5. The second-order valence-electron chi connectivity index (χ2n) is 5.72. The van der Waals surface area contributed by atoms with Gasteiger partial charge < -0.3 is 9.84 Å². The molecule has 0 atom stereocenters. The lowest BCUT2D eigenvalue weighted by Crippen LogP contribution is -2.35. The summed E-state index contributed by atoms with van der Waals surface area (Å²) in [7, 11) is 0. The minimum Gasteiger partial charge on any atom is -0.491 e. The Bertz CT molecular complexity index is 496. The number of rotatable bonds is 5. The molecule has 0 aliphatic carbocycles. The molecule has 6 nitrogen and oxygen atoms in total. The fourth-order valence-corrected chi connectivity index (χ4v) is 2.49. The number of likely N-dealkylation sites (tertiary alicyclic amines) is 1. The lowest BCUT2D eigenvalue weighted by molar-refractivity contribution is -0.385. The van der Waals surface area contributed by atoms with E-state index in [1.807, 2.05) is 13.8 Å². The van der Waals surface area contributed by atoms with Crippen molar-refractivity contribution in [3.8, 4) is 5.75 Å². The highest BCUT2D eigenvalue weighted by molar-refractivity contribution is 5.44. The molecule has 1 N–H and O–H groups in total. The number of ether oxygens (including phenoxy) is 1. The van der Waals surface area contributed by atoms with E-state index in [-0.39, 0.29) is 22.8 Å². The number of non-ortho nitro benzene ring substituents is 1. The van der Waals surface area contributed by atoms with Crippen molar-refractivity contribution in [3.05, 3.63) is 33.9 Å². The van der Waals surface area contributed by atoms with Crippen LogP contribution in [-0.2, 0) is 6.54 Å². The van der Waals surface area contributed by atoms with Gasteiger partial charge in [-0.15, -0.1) is 0 Å². The SMILES string of the molecule is CC(C)Oc1ccc([N+](=O)[O-])cc1CN1CCC(O)CC1. The molecule has 0 radical (unpaired) electrons. The van der Waals surface area contributed by atoms with Crippen LogP contribution < -0.4 is 4.74 Å². The first-order chi connectivity index (χ1) is 9.95. The van der Waals surface area contributed by atoms with Crippen LogP contribution in [0.5, 0.6) is 5.75 Å². The van der Waals surface area contributed by atoms with Gasteiger partial charge in [-0.05, 0) is 32.8 Å². The second kappa shape index (κ2) is 6.87. The summed E-state index contributed by atoms with van der Waals surface area (Å²) in [5.74, 6) is 0.696. The molecule has 1 heterocycles. The molecule has 1 aromatic rings. The second-order valence-corrected chi connectivity index (χ2v) is 5.72. The van der Waals surface area contributed by atoms with Crippen molar-refractivity contribution >= 4 is 5.69 Å². The van der Waals surface area contributed by atoms with Crippen molar-refractivity contribution in [1.82, 2.24) is 4.90 Å². The van der Waals surface area contributed by atoms with Crippen LogP contribution in [0.4, 0.5) is 5.69 Å². The Morgan fingerprint density at radius 2 is 2.10 bits per heavy atom. The van der Waals surface area contributed by atoms with Crippen LogP contribution in [0.15, 0.2) is 18.2 Å². The number of hydrogen-bond donors (Lipinski definition) is 1. The molecular weight excluding hydrogens is 272 g/mol. The normalized spacial score (nSPS) is 17.1. The first kappa shape index (κ1) is 15.7. The fraction of sp³-hybridized carbons (Fsp3) is 0.600. The number of nitro groups is 1. The molecule has 116 valence electrons. The standard InChI is InChI=1S/C15H22N2O4/c1-11(2)21-15-4-3-13(17(19)20)9-12(15)10-16-7-5-14(18)6-8-16/h3-4,9,11,14,18H,5-8,10H2,1-2H3. The van der Waals surface area contributed by atoms with E-state index in [2.05, 4.69) is 4.90 Å². The third-order valence-electron chi connectivity index (χ3n) is 3.57. The van der Waals surface area contributed by atoms with Crippen LogP contribution in [0.2, 0.25) is 0 Å². The number of aliphatic hydroxyl groups excluding tert-OH is 1. The van der Waals surface area contributed by atoms with Crippen LogP contribution >= 0.6 is 0 Å². The van der Waals surface area contributed by atoms with Crippen LogP contribution in [-0.4, -0.2) is 40.2 Å². The van der Waals surface area contributed by atoms with Gasteiger partial charge in [-0.25, -0.2) is 0 Å². The quantitative estimate of drug-likeness (QED) is 0.666. The van der Waals surface area contributed by atoms with E-state index in [4.69, 9.17) is 4.74 Å². The topological polar surface area (TPSA) is 75.8 Å². The number of aliphatic hydroxyl groups is 1. The molecule has 0 bridgehead atoms. The Morgan fingerprint density at radius 3 is 2.67 bits per heavy atom. The highest BCUT2D eigenvalue weighted by atomic mass is 16.6. The Morgan fingerprint density at radius 1 is 1.43 bits per heavy atom. The van der Waals surface area contributed by atoms with Crippen LogP contribution in [0.1, 0.15) is 32.3 Å². The molecule has 0 unspecified atom stereocenters.